The van der Waals surface area contributed by atoms with E-state index in [0.29, 0.717) is 12.8 Å². The predicted molar refractivity (Wildman–Crippen MR) is 63.5 cm³/mol. The Morgan fingerprint density at radius 2 is 2.40 bits per heavy atom. The summed E-state index contributed by atoms with van der Waals surface area (Å²) in [5.74, 6) is 0.871. The van der Waals surface area contributed by atoms with Crippen molar-refractivity contribution in [3.8, 4) is 16.6 Å². The smallest absolute Gasteiger partial charge is 0.107 e. The van der Waals surface area contributed by atoms with Crippen molar-refractivity contribution in [3.05, 3.63) is 27.9 Å². The van der Waals surface area contributed by atoms with E-state index in [0.717, 1.165) is 20.2 Å². The molecule has 0 aliphatic heterocycles. The van der Waals surface area contributed by atoms with E-state index in [2.05, 4.69) is 32.0 Å². The van der Waals surface area contributed by atoms with Crippen molar-refractivity contribution in [1.29, 1.82) is 5.26 Å². The lowest BCUT2D eigenvalue weighted by atomic mass is 10.3. The molecule has 0 unspecified atom stereocenters. The van der Waals surface area contributed by atoms with E-state index >= 15 is 0 Å². The molecule has 2 rings (SSSR count). The summed E-state index contributed by atoms with van der Waals surface area (Å²) in [6.45, 7) is 0. The van der Waals surface area contributed by atoms with Gasteiger partial charge >= 0.3 is 0 Å². The number of nitrogens with zero attached hydrogens (tertiary/aromatic N) is 2. The highest BCUT2D eigenvalue weighted by molar-refractivity contribution is 9.11. The van der Waals surface area contributed by atoms with Crippen LogP contribution in [0.5, 0.6) is 0 Å². The summed E-state index contributed by atoms with van der Waals surface area (Å²) in [5.41, 5.74) is 1.01. The van der Waals surface area contributed by atoms with E-state index in [1.165, 1.54) is 0 Å². The van der Waals surface area contributed by atoms with Gasteiger partial charge in [0.1, 0.15) is 5.82 Å². The highest BCUT2D eigenvalue weighted by atomic mass is 79.9. The van der Waals surface area contributed by atoms with Crippen LogP contribution in [-0.4, -0.2) is 9.97 Å². The highest BCUT2D eigenvalue weighted by Crippen LogP contribution is 2.29. The van der Waals surface area contributed by atoms with Crippen molar-refractivity contribution in [3.63, 3.8) is 0 Å². The summed E-state index contributed by atoms with van der Waals surface area (Å²) in [7, 11) is 0. The molecule has 1 N–H and O–H groups in total. The van der Waals surface area contributed by atoms with Crippen LogP contribution in [-0.2, 0) is 6.42 Å². The van der Waals surface area contributed by atoms with Gasteiger partial charge in [-0.05, 0) is 28.1 Å². The van der Waals surface area contributed by atoms with Gasteiger partial charge in [-0.3, -0.25) is 0 Å². The molecule has 0 fully saturated rings. The van der Waals surface area contributed by atoms with E-state index in [1.54, 1.807) is 11.3 Å². The number of thiophene rings is 1. The van der Waals surface area contributed by atoms with Gasteiger partial charge in [0.2, 0.25) is 0 Å². The van der Waals surface area contributed by atoms with Gasteiger partial charge in [-0.25, -0.2) is 4.98 Å². The minimum atomic E-state index is 0.501. The third kappa shape index (κ3) is 2.46. The molecule has 0 saturated heterocycles. The number of aromatic amines is 1. The Bertz CT molecular complexity index is 495. The van der Waals surface area contributed by atoms with Crippen LogP contribution in [0.1, 0.15) is 12.2 Å². The first kappa shape index (κ1) is 10.4. The van der Waals surface area contributed by atoms with E-state index in [1.807, 2.05) is 18.3 Å². The molecule has 2 aromatic rings. The molecule has 0 amide bonds. The minimum Gasteiger partial charge on any atom is -0.341 e. The summed E-state index contributed by atoms with van der Waals surface area (Å²) in [5, 5.41) is 8.46. The second-order valence-electron chi connectivity index (χ2n) is 3.01. The van der Waals surface area contributed by atoms with Crippen LogP contribution in [0, 0.1) is 11.3 Å². The first-order valence-corrected chi connectivity index (χ1v) is 6.07. The van der Waals surface area contributed by atoms with Crippen molar-refractivity contribution in [2.75, 3.05) is 0 Å². The molecule has 2 heterocycles. The number of rotatable bonds is 3. The van der Waals surface area contributed by atoms with Crippen molar-refractivity contribution in [2.45, 2.75) is 12.8 Å². The van der Waals surface area contributed by atoms with Gasteiger partial charge < -0.3 is 4.98 Å². The molecule has 0 spiro atoms. The zero-order chi connectivity index (χ0) is 10.7. The normalized spacial score (nSPS) is 10.1. The van der Waals surface area contributed by atoms with Crippen molar-refractivity contribution in [2.24, 2.45) is 0 Å². The molecule has 0 aliphatic rings. The van der Waals surface area contributed by atoms with E-state index in [4.69, 9.17) is 5.26 Å². The Balaban J connectivity index is 2.17. The molecule has 0 bridgehead atoms. The fourth-order valence-corrected chi connectivity index (χ4v) is 2.60. The first-order chi connectivity index (χ1) is 7.29. The third-order valence-electron chi connectivity index (χ3n) is 1.94. The van der Waals surface area contributed by atoms with Crippen LogP contribution in [0.15, 0.2) is 22.1 Å². The fraction of sp³-hybridized carbons (Fsp3) is 0.200. The summed E-state index contributed by atoms with van der Waals surface area (Å²) in [4.78, 5) is 8.58. The fourth-order valence-electron chi connectivity index (χ4n) is 1.25. The number of hydrogen-bond acceptors (Lipinski definition) is 3. The molecular weight excluding hydrogens is 274 g/mol. The molecule has 15 heavy (non-hydrogen) atoms. The Labute approximate surface area is 99.9 Å². The monoisotopic (exact) mass is 281 g/mol. The number of aromatic nitrogens is 2. The summed E-state index contributed by atoms with van der Waals surface area (Å²) < 4.78 is 1.10. The highest BCUT2D eigenvalue weighted by Gasteiger charge is 2.05. The molecule has 0 saturated carbocycles. The molecule has 0 radical (unpaired) electrons. The molecule has 0 aromatic carbocycles. The molecule has 0 aliphatic carbocycles. The van der Waals surface area contributed by atoms with Gasteiger partial charge in [-0.15, -0.1) is 11.3 Å². The van der Waals surface area contributed by atoms with Crippen LogP contribution in [0.2, 0.25) is 0 Å². The summed E-state index contributed by atoms with van der Waals surface area (Å²) in [6, 6.07) is 6.15. The number of aryl methyl sites for hydroxylation is 1. The maximum Gasteiger partial charge on any atom is 0.107 e. The van der Waals surface area contributed by atoms with Crippen LogP contribution in [0.3, 0.4) is 0 Å². The van der Waals surface area contributed by atoms with Crippen molar-refractivity contribution < 1.29 is 0 Å². The van der Waals surface area contributed by atoms with Crippen LogP contribution in [0.25, 0.3) is 10.6 Å². The zero-order valence-electron chi connectivity index (χ0n) is 7.83. The van der Waals surface area contributed by atoms with Gasteiger partial charge in [0.05, 0.1) is 26.6 Å². The molecule has 2 aromatic heterocycles. The number of H-pyrrole nitrogens is 1. The number of halogens is 1. The lowest BCUT2D eigenvalue weighted by molar-refractivity contribution is 0.918. The molecule has 0 atom stereocenters. The Morgan fingerprint density at radius 1 is 1.53 bits per heavy atom. The lowest BCUT2D eigenvalue weighted by Gasteiger charge is -1.90. The Hall–Kier alpha value is -1.12. The first-order valence-electron chi connectivity index (χ1n) is 4.46. The quantitative estimate of drug-likeness (QED) is 0.938. The second-order valence-corrected chi connectivity index (χ2v) is 5.47. The van der Waals surface area contributed by atoms with Crippen LogP contribution in [0.4, 0.5) is 0 Å². The van der Waals surface area contributed by atoms with Crippen LogP contribution < -0.4 is 0 Å². The maximum atomic E-state index is 8.46. The lowest BCUT2D eigenvalue weighted by Crippen LogP contribution is -1.85. The summed E-state index contributed by atoms with van der Waals surface area (Å²) >= 11 is 5.08. The van der Waals surface area contributed by atoms with Gasteiger partial charge in [0.15, 0.2) is 0 Å². The minimum absolute atomic E-state index is 0.501. The van der Waals surface area contributed by atoms with E-state index in [9.17, 15) is 0 Å². The van der Waals surface area contributed by atoms with Gasteiger partial charge in [-0.1, -0.05) is 0 Å². The molecule has 76 valence electrons. The number of imidazole rings is 1. The van der Waals surface area contributed by atoms with Gasteiger partial charge in [0, 0.05) is 12.8 Å². The largest absolute Gasteiger partial charge is 0.341 e. The number of hydrogen-bond donors (Lipinski definition) is 1. The standard InChI is InChI=1S/C10H8BrN3S/c11-9-4-3-8(15-9)7-6-13-10(14-7)2-1-5-12/h3-4,6H,1-2H2,(H,13,14). The van der Waals surface area contributed by atoms with E-state index < -0.39 is 0 Å². The Kier molecular flexibility index (Phi) is 3.19. The third-order valence-corrected chi connectivity index (χ3v) is 3.60. The molecule has 5 heteroatoms. The van der Waals surface area contributed by atoms with Crippen molar-refractivity contribution >= 4 is 27.3 Å². The summed E-state index contributed by atoms with van der Waals surface area (Å²) in [6.07, 6.45) is 3.00. The van der Waals surface area contributed by atoms with Crippen LogP contribution >= 0.6 is 27.3 Å². The topological polar surface area (TPSA) is 52.5 Å². The molecule has 3 nitrogen and oxygen atoms in total. The number of nitriles is 1. The zero-order valence-corrected chi connectivity index (χ0v) is 10.2. The van der Waals surface area contributed by atoms with Crippen molar-refractivity contribution in [1.82, 2.24) is 9.97 Å². The number of nitrogens with one attached hydrogen (secondary N) is 1. The average molecular weight is 282 g/mol. The maximum absolute atomic E-state index is 8.46. The van der Waals surface area contributed by atoms with Gasteiger partial charge in [-0.2, -0.15) is 5.26 Å². The molecular formula is C10H8BrN3S. The van der Waals surface area contributed by atoms with E-state index in [-0.39, 0.29) is 0 Å². The average Bonchev–Trinajstić information content (AvgIpc) is 2.83. The SMILES string of the molecule is N#CCCc1ncc(-c2ccc(Br)s2)[nH]1. The second kappa shape index (κ2) is 4.60. The van der Waals surface area contributed by atoms with Gasteiger partial charge in [0.25, 0.3) is 0 Å². The predicted octanol–water partition coefficient (Wildman–Crippen LogP) is 3.36. The Morgan fingerprint density at radius 3 is 3.07 bits per heavy atom.